The average molecular weight is 551 g/mol. The van der Waals surface area contributed by atoms with Gasteiger partial charge in [0.05, 0.1) is 16.4 Å². The zero-order valence-corrected chi connectivity index (χ0v) is 22.4. The van der Waals surface area contributed by atoms with Gasteiger partial charge in [0.25, 0.3) is 0 Å². The van der Waals surface area contributed by atoms with E-state index in [9.17, 15) is 8.42 Å². The van der Waals surface area contributed by atoms with Gasteiger partial charge >= 0.3 is 0 Å². The van der Waals surface area contributed by atoms with Crippen molar-refractivity contribution < 1.29 is 17.6 Å². The Labute approximate surface area is 232 Å². The van der Waals surface area contributed by atoms with E-state index in [0.717, 1.165) is 41.5 Å². The Bertz CT molecular complexity index is 1790. The molecule has 1 aliphatic rings. The van der Waals surface area contributed by atoms with Crippen LogP contribution in [0.4, 0.5) is 5.82 Å². The van der Waals surface area contributed by atoms with Crippen LogP contribution in [0.5, 0.6) is 0 Å². The quantitative estimate of drug-likeness (QED) is 0.209. The number of rotatable bonds is 7. The Balaban J connectivity index is 1.35. The molecule has 1 N–H and O–H groups in total. The maximum atomic E-state index is 12.9. The van der Waals surface area contributed by atoms with Gasteiger partial charge in [-0.3, -0.25) is 4.98 Å². The van der Waals surface area contributed by atoms with Gasteiger partial charge in [0, 0.05) is 48.3 Å². The molecule has 0 aliphatic carbocycles. The molecule has 200 valence electrons. The third-order valence-corrected chi connectivity index (χ3v) is 8.03. The molecular formula is C31H26N4O4S. The van der Waals surface area contributed by atoms with Crippen LogP contribution in [0.15, 0.2) is 94.8 Å². The Morgan fingerprint density at radius 1 is 0.975 bits per heavy atom. The Kier molecular flexibility index (Phi) is 7.27. The highest BCUT2D eigenvalue weighted by Crippen LogP contribution is 2.42. The molecule has 3 aromatic heterocycles. The number of nitrogens with one attached hydrogen (secondary N) is 1. The van der Waals surface area contributed by atoms with Gasteiger partial charge in [-0.25, -0.2) is 18.4 Å². The van der Waals surface area contributed by atoms with Crippen molar-refractivity contribution >= 4 is 26.8 Å². The number of hydrogen-bond donors (Lipinski definition) is 1. The summed E-state index contributed by atoms with van der Waals surface area (Å²) in [6.45, 7) is 1.41. The van der Waals surface area contributed by atoms with Crippen molar-refractivity contribution in [2.45, 2.75) is 30.3 Å². The van der Waals surface area contributed by atoms with E-state index in [0.29, 0.717) is 35.8 Å². The molecule has 1 fully saturated rings. The van der Waals surface area contributed by atoms with Crippen LogP contribution in [0, 0.1) is 11.2 Å². The molecule has 0 spiro atoms. The lowest BCUT2D eigenvalue weighted by atomic mass is 9.99. The number of aromatic nitrogens is 3. The summed E-state index contributed by atoms with van der Waals surface area (Å²) >= 11 is 0. The van der Waals surface area contributed by atoms with E-state index in [1.165, 1.54) is 6.33 Å². The molecule has 0 bridgehead atoms. The molecule has 2 aromatic carbocycles. The lowest BCUT2D eigenvalue weighted by Crippen LogP contribution is -2.19. The van der Waals surface area contributed by atoms with E-state index in [1.807, 2.05) is 36.4 Å². The van der Waals surface area contributed by atoms with E-state index in [1.54, 1.807) is 42.7 Å². The molecule has 4 heterocycles. The summed E-state index contributed by atoms with van der Waals surface area (Å²) in [5, 5.41) is 6.61. The van der Waals surface area contributed by atoms with Crippen molar-refractivity contribution in [1.82, 2.24) is 15.0 Å². The molecule has 8 nitrogen and oxygen atoms in total. The number of anilines is 1. The smallest absolute Gasteiger partial charge is 0.245 e. The van der Waals surface area contributed by atoms with Gasteiger partial charge in [-0.2, -0.15) is 0 Å². The summed E-state index contributed by atoms with van der Waals surface area (Å²) in [7, 11) is -3.79. The number of hydrogen-bond acceptors (Lipinski definition) is 8. The first-order valence-corrected chi connectivity index (χ1v) is 14.5. The first kappa shape index (κ1) is 25.7. The summed E-state index contributed by atoms with van der Waals surface area (Å²) in [6.07, 6.45) is 7.30. The van der Waals surface area contributed by atoms with Gasteiger partial charge in [0.15, 0.2) is 0 Å². The molecule has 9 heteroatoms. The maximum absolute atomic E-state index is 12.9. The third-order valence-electron chi connectivity index (χ3n) is 6.72. The van der Waals surface area contributed by atoms with Crippen molar-refractivity contribution in [3.05, 3.63) is 91.0 Å². The monoisotopic (exact) mass is 550 g/mol. The zero-order chi connectivity index (χ0) is 27.4. The SMILES string of the molecule is O=S(=O)(C#CCc1cccnc1)c1ccc(-c2oc3ncnc(NC[C@@H]4CCCO4)c3c2-c2ccccc2)cc1. The van der Waals surface area contributed by atoms with Crippen LogP contribution in [0.2, 0.25) is 0 Å². The molecule has 0 radical (unpaired) electrons. The van der Waals surface area contributed by atoms with Crippen molar-refractivity contribution in [2.24, 2.45) is 0 Å². The molecule has 1 aliphatic heterocycles. The van der Waals surface area contributed by atoms with Crippen LogP contribution in [-0.4, -0.2) is 42.6 Å². The fourth-order valence-electron chi connectivity index (χ4n) is 4.75. The highest BCUT2D eigenvalue weighted by molar-refractivity contribution is 7.96. The summed E-state index contributed by atoms with van der Waals surface area (Å²) in [5.74, 6) is 3.99. The largest absolute Gasteiger partial charge is 0.437 e. The molecular weight excluding hydrogens is 524 g/mol. The number of pyridine rings is 1. The van der Waals surface area contributed by atoms with Crippen LogP contribution in [0.3, 0.4) is 0 Å². The van der Waals surface area contributed by atoms with E-state index < -0.39 is 9.84 Å². The minimum absolute atomic E-state index is 0.117. The highest BCUT2D eigenvalue weighted by atomic mass is 32.2. The van der Waals surface area contributed by atoms with Crippen LogP contribution in [0.1, 0.15) is 18.4 Å². The Morgan fingerprint density at radius 3 is 2.58 bits per heavy atom. The molecule has 0 saturated carbocycles. The van der Waals surface area contributed by atoms with Gasteiger partial charge in [-0.05, 0) is 54.3 Å². The number of sulfone groups is 1. The number of ether oxygens (including phenoxy) is 1. The second-order valence-corrected chi connectivity index (χ2v) is 11.1. The van der Waals surface area contributed by atoms with Crippen molar-refractivity contribution in [3.8, 4) is 33.6 Å². The van der Waals surface area contributed by atoms with Gasteiger partial charge < -0.3 is 14.5 Å². The molecule has 0 amide bonds. The van der Waals surface area contributed by atoms with E-state index >= 15 is 0 Å². The van der Waals surface area contributed by atoms with E-state index in [-0.39, 0.29) is 11.0 Å². The van der Waals surface area contributed by atoms with Gasteiger partial charge in [-0.15, -0.1) is 0 Å². The van der Waals surface area contributed by atoms with Crippen molar-refractivity contribution in [3.63, 3.8) is 0 Å². The summed E-state index contributed by atoms with van der Waals surface area (Å²) < 4.78 is 37.8. The minimum atomic E-state index is -3.79. The molecule has 40 heavy (non-hydrogen) atoms. The van der Waals surface area contributed by atoms with Crippen LogP contribution < -0.4 is 5.32 Å². The second kappa shape index (κ2) is 11.3. The highest BCUT2D eigenvalue weighted by Gasteiger charge is 2.24. The fourth-order valence-corrected chi connectivity index (χ4v) is 5.62. The van der Waals surface area contributed by atoms with Gasteiger partial charge in [0.1, 0.15) is 17.9 Å². The van der Waals surface area contributed by atoms with Gasteiger partial charge in [0.2, 0.25) is 15.6 Å². The molecule has 1 atom stereocenters. The third kappa shape index (κ3) is 5.45. The minimum Gasteiger partial charge on any atom is -0.437 e. The number of nitrogens with zero attached hydrogens (tertiary/aromatic N) is 3. The standard InChI is InChI=1S/C31H26N4O4S/c36-40(37,18-6-8-22-7-4-16-32-19-22)26-14-12-24(13-15-26)29-27(23-9-2-1-3-10-23)28-30(34-21-35-31(28)39-29)33-20-25-11-5-17-38-25/h1-4,7,9-10,12-16,19,21,25H,5,8,11,17,20H2,(H,33,34,35)/t25-/m0/s1. The van der Waals surface area contributed by atoms with E-state index in [2.05, 4.69) is 31.4 Å². The summed E-state index contributed by atoms with van der Waals surface area (Å²) in [6, 6.07) is 20.1. The molecule has 0 unspecified atom stereocenters. The Hall–Kier alpha value is -4.52. The molecule has 5 aromatic rings. The van der Waals surface area contributed by atoms with Crippen LogP contribution >= 0.6 is 0 Å². The van der Waals surface area contributed by atoms with Crippen molar-refractivity contribution in [1.29, 1.82) is 0 Å². The normalized spacial score (nSPS) is 15.1. The Morgan fingerprint density at radius 2 is 1.82 bits per heavy atom. The van der Waals surface area contributed by atoms with Gasteiger partial charge in [-0.1, -0.05) is 42.3 Å². The summed E-state index contributed by atoms with van der Waals surface area (Å²) in [5.41, 5.74) is 3.77. The molecule has 1 saturated heterocycles. The lowest BCUT2D eigenvalue weighted by molar-refractivity contribution is 0.120. The second-order valence-electron chi connectivity index (χ2n) is 9.44. The first-order valence-electron chi connectivity index (χ1n) is 13.0. The molecule has 6 rings (SSSR count). The number of furan rings is 1. The topological polar surface area (TPSA) is 107 Å². The summed E-state index contributed by atoms with van der Waals surface area (Å²) in [4.78, 5) is 13.1. The number of fused-ring (bicyclic) bond motifs is 1. The van der Waals surface area contributed by atoms with Crippen LogP contribution in [-0.2, 0) is 21.0 Å². The fraction of sp³-hybridized carbons (Fsp3) is 0.194. The van der Waals surface area contributed by atoms with E-state index in [4.69, 9.17) is 9.15 Å². The maximum Gasteiger partial charge on any atom is 0.245 e. The zero-order valence-electron chi connectivity index (χ0n) is 21.6. The number of benzene rings is 2. The predicted molar refractivity (Wildman–Crippen MR) is 153 cm³/mol. The first-order chi connectivity index (χ1) is 19.6. The average Bonchev–Trinajstić information content (AvgIpc) is 3.66. The lowest BCUT2D eigenvalue weighted by Gasteiger charge is -2.12. The van der Waals surface area contributed by atoms with Crippen molar-refractivity contribution in [2.75, 3.05) is 18.5 Å². The van der Waals surface area contributed by atoms with Crippen LogP contribution in [0.25, 0.3) is 33.6 Å². The predicted octanol–water partition coefficient (Wildman–Crippen LogP) is 5.52.